The highest BCUT2D eigenvalue weighted by Gasteiger charge is 2.36. The third kappa shape index (κ3) is 8.90. The van der Waals surface area contributed by atoms with Crippen LogP contribution in [0.15, 0.2) is 116 Å². The molecule has 4 aromatic carbocycles. The van der Waals surface area contributed by atoms with Gasteiger partial charge >= 0.3 is 6.03 Å². The maximum atomic E-state index is 15.7. The molecule has 3 amide bonds. The van der Waals surface area contributed by atoms with Gasteiger partial charge < -0.3 is 29.6 Å². The van der Waals surface area contributed by atoms with E-state index in [1.54, 1.807) is 38.9 Å². The van der Waals surface area contributed by atoms with Gasteiger partial charge in [0.15, 0.2) is 0 Å². The summed E-state index contributed by atoms with van der Waals surface area (Å²) in [6, 6.07) is 32.3. The molecule has 0 spiro atoms. The van der Waals surface area contributed by atoms with Gasteiger partial charge in [-0.25, -0.2) is 19.2 Å². The third-order valence-corrected chi connectivity index (χ3v) is 13.2. The highest BCUT2D eigenvalue weighted by Crippen LogP contribution is 2.46. The zero-order chi connectivity index (χ0) is 42.1. The number of carbonyl (C=O) groups excluding carboxylic acids is 2. The standard InChI is InChI=1S/C47H51FN6O4Si/c1-46(2,3)42(58-59(32-15-10-8-11-16-32)33-17-12-9-13-18-33)40-35(19-14-20-38(40)52-44(55)34-22-21-31(27-37(34)48)47(4,5)57)41-36-28-39(51-43(36)50-29-49-41)30-23-25-54(26-24-30)45(56)53(6)7/h8-23,27-29,42,57,59H,24-26H2,1-7H3,(H,52,55)(H,49,50,51). The van der Waals surface area contributed by atoms with Gasteiger partial charge in [0.25, 0.3) is 5.91 Å². The molecule has 1 atom stereocenters. The summed E-state index contributed by atoms with van der Waals surface area (Å²) < 4.78 is 23.2. The minimum Gasteiger partial charge on any atom is -0.403 e. The lowest BCUT2D eigenvalue weighted by Crippen LogP contribution is -2.47. The average molecular weight is 811 g/mol. The van der Waals surface area contributed by atoms with Gasteiger partial charge in [0.2, 0.25) is 9.04 Å². The number of aromatic amines is 1. The summed E-state index contributed by atoms with van der Waals surface area (Å²) in [5.41, 5.74) is 3.51. The molecule has 2 aromatic heterocycles. The van der Waals surface area contributed by atoms with E-state index in [1.165, 1.54) is 18.5 Å². The fourth-order valence-corrected chi connectivity index (χ4v) is 10.2. The summed E-state index contributed by atoms with van der Waals surface area (Å²) in [5.74, 6) is -1.38. The predicted octanol–water partition coefficient (Wildman–Crippen LogP) is 7.66. The first-order valence-corrected chi connectivity index (χ1v) is 21.4. The molecule has 3 N–H and O–H groups in total. The van der Waals surface area contributed by atoms with Crippen LogP contribution in [-0.4, -0.2) is 78.0 Å². The minimum absolute atomic E-state index is 0.0288. The first kappa shape index (κ1) is 41.2. The lowest BCUT2D eigenvalue weighted by molar-refractivity contribution is 0.0780. The molecule has 12 heteroatoms. The van der Waals surface area contributed by atoms with Gasteiger partial charge in [-0.15, -0.1) is 0 Å². The van der Waals surface area contributed by atoms with Crippen molar-refractivity contribution in [1.29, 1.82) is 0 Å². The molecule has 1 unspecified atom stereocenters. The summed E-state index contributed by atoms with van der Waals surface area (Å²) in [4.78, 5) is 43.2. The summed E-state index contributed by atoms with van der Waals surface area (Å²) in [6.45, 7) is 10.5. The van der Waals surface area contributed by atoms with Gasteiger partial charge in [-0.2, -0.15) is 0 Å². The Bertz CT molecular complexity index is 2470. The van der Waals surface area contributed by atoms with Gasteiger partial charge in [-0.1, -0.05) is 106 Å². The molecular weight excluding hydrogens is 760 g/mol. The molecule has 1 aliphatic rings. The number of aromatic nitrogens is 3. The maximum Gasteiger partial charge on any atom is 0.319 e. The minimum atomic E-state index is -2.40. The number of anilines is 1. The summed E-state index contributed by atoms with van der Waals surface area (Å²) in [7, 11) is 1.11. The molecule has 0 aliphatic carbocycles. The second kappa shape index (κ2) is 16.7. The Balaban J connectivity index is 1.38. The highest BCUT2D eigenvalue weighted by molar-refractivity contribution is 6.80. The average Bonchev–Trinajstić information content (AvgIpc) is 3.66. The Morgan fingerprint density at radius 1 is 0.915 bits per heavy atom. The van der Waals surface area contributed by atoms with E-state index >= 15 is 4.39 Å². The molecule has 6 aromatic rings. The Labute approximate surface area is 346 Å². The predicted molar refractivity (Wildman–Crippen MR) is 235 cm³/mol. The van der Waals surface area contributed by atoms with E-state index in [-0.39, 0.29) is 11.6 Å². The molecule has 304 valence electrons. The topological polar surface area (TPSA) is 124 Å². The Hall–Kier alpha value is -5.95. The van der Waals surface area contributed by atoms with E-state index in [2.05, 4.69) is 66.4 Å². The molecule has 0 fully saturated rings. The lowest BCUT2D eigenvalue weighted by Gasteiger charge is -2.37. The fourth-order valence-electron chi connectivity index (χ4n) is 7.58. The van der Waals surface area contributed by atoms with Crippen molar-refractivity contribution in [1.82, 2.24) is 24.8 Å². The van der Waals surface area contributed by atoms with Crippen LogP contribution in [-0.2, 0) is 10.0 Å². The number of hydrogen-bond acceptors (Lipinski definition) is 6. The number of benzene rings is 4. The molecule has 3 heterocycles. The molecular formula is C47H51FN6O4Si. The van der Waals surface area contributed by atoms with E-state index < -0.39 is 37.9 Å². The second-order valence-corrected chi connectivity index (χ2v) is 19.2. The number of halogens is 1. The van der Waals surface area contributed by atoms with Crippen molar-refractivity contribution in [2.24, 2.45) is 5.41 Å². The van der Waals surface area contributed by atoms with Crippen LogP contribution in [0.2, 0.25) is 0 Å². The molecule has 0 saturated carbocycles. The van der Waals surface area contributed by atoms with E-state index in [9.17, 15) is 14.7 Å². The first-order valence-electron chi connectivity index (χ1n) is 19.8. The largest absolute Gasteiger partial charge is 0.403 e. The molecule has 1 aliphatic heterocycles. The van der Waals surface area contributed by atoms with Gasteiger partial charge in [0, 0.05) is 55.1 Å². The number of rotatable bonds is 10. The number of H-pyrrole nitrogens is 1. The monoisotopic (exact) mass is 810 g/mol. The lowest BCUT2D eigenvalue weighted by atomic mass is 9.81. The van der Waals surface area contributed by atoms with Crippen LogP contribution in [0, 0.1) is 11.2 Å². The van der Waals surface area contributed by atoms with Crippen molar-refractivity contribution in [3.63, 3.8) is 0 Å². The quantitative estimate of drug-likeness (QED) is 0.122. The van der Waals surface area contributed by atoms with Crippen molar-refractivity contribution in [2.45, 2.75) is 52.7 Å². The summed E-state index contributed by atoms with van der Waals surface area (Å²) in [6.07, 6.45) is 3.66. The van der Waals surface area contributed by atoms with Crippen molar-refractivity contribution in [3.05, 3.63) is 144 Å². The Kier molecular flexibility index (Phi) is 11.7. The number of hydrogen-bond donors (Lipinski definition) is 3. The number of fused-ring (bicyclic) bond motifs is 1. The SMILES string of the molecule is CN(C)C(=O)N1CC=C(c2cc3c(-c4cccc(NC(=O)c5ccc(C(C)(C)O)cc5F)c4C(O[SiH](c4ccccc4)c4ccccc4)C(C)(C)C)ncnc3[nH]2)CC1. The molecule has 59 heavy (non-hydrogen) atoms. The highest BCUT2D eigenvalue weighted by atomic mass is 28.3. The number of amides is 3. The summed E-state index contributed by atoms with van der Waals surface area (Å²) >= 11 is 0. The number of carbonyl (C=O) groups is 2. The van der Waals surface area contributed by atoms with Crippen molar-refractivity contribution in [2.75, 3.05) is 32.5 Å². The Morgan fingerprint density at radius 3 is 2.17 bits per heavy atom. The Morgan fingerprint density at radius 2 is 1.59 bits per heavy atom. The normalized spacial score (nSPS) is 14.0. The third-order valence-electron chi connectivity index (χ3n) is 10.7. The maximum absolute atomic E-state index is 15.7. The van der Waals surface area contributed by atoms with Crippen LogP contribution in [0.1, 0.15) is 74.3 Å². The zero-order valence-electron chi connectivity index (χ0n) is 34.6. The molecule has 0 radical (unpaired) electrons. The molecule has 7 rings (SSSR count). The van der Waals surface area contributed by atoms with E-state index in [0.717, 1.165) is 32.6 Å². The number of nitrogens with zero attached hydrogens (tertiary/aromatic N) is 4. The molecule has 0 bridgehead atoms. The van der Waals surface area contributed by atoms with Crippen molar-refractivity contribution >= 4 is 53.6 Å². The fraction of sp³-hybridized carbons (Fsp3) is 0.277. The molecule has 10 nitrogen and oxygen atoms in total. The van der Waals surface area contributed by atoms with Gasteiger partial charge in [0.1, 0.15) is 17.8 Å². The number of aliphatic hydroxyl groups is 1. The molecule has 0 saturated heterocycles. The zero-order valence-corrected chi connectivity index (χ0v) is 35.7. The van der Waals surface area contributed by atoms with Crippen molar-refractivity contribution in [3.8, 4) is 11.3 Å². The van der Waals surface area contributed by atoms with Crippen LogP contribution >= 0.6 is 0 Å². The van der Waals surface area contributed by atoms with Gasteiger partial charge in [-0.3, -0.25) is 4.79 Å². The van der Waals surface area contributed by atoms with Crippen LogP contribution in [0.3, 0.4) is 0 Å². The number of urea groups is 1. The van der Waals surface area contributed by atoms with Crippen molar-refractivity contribution < 1.29 is 23.5 Å². The van der Waals surface area contributed by atoms with Gasteiger partial charge in [-0.05, 0) is 71.5 Å². The van der Waals surface area contributed by atoms with E-state index in [1.807, 2.05) is 65.6 Å². The first-order chi connectivity index (χ1) is 28.1. The van der Waals surface area contributed by atoms with E-state index in [4.69, 9.17) is 9.41 Å². The second-order valence-electron chi connectivity index (χ2n) is 16.8. The van der Waals surface area contributed by atoms with Gasteiger partial charge in [0.05, 0.1) is 23.0 Å². The van der Waals surface area contributed by atoms with E-state index in [0.29, 0.717) is 47.7 Å². The number of nitrogens with one attached hydrogen (secondary N) is 2. The smallest absolute Gasteiger partial charge is 0.319 e. The van der Waals surface area contributed by atoms with Crippen LogP contribution < -0.4 is 15.7 Å². The summed E-state index contributed by atoms with van der Waals surface area (Å²) in [5, 5.41) is 16.5. The van der Waals surface area contributed by atoms with Crippen LogP contribution in [0.25, 0.3) is 27.9 Å². The van der Waals surface area contributed by atoms with Crippen LogP contribution in [0.4, 0.5) is 14.9 Å². The van der Waals surface area contributed by atoms with Crippen LogP contribution in [0.5, 0.6) is 0 Å².